The molecule has 2 aromatic rings. The molecule has 2 rings (SSSR count). The van der Waals surface area contributed by atoms with E-state index >= 15 is 0 Å². The average molecular weight is 360 g/mol. The molecule has 17 heavy (non-hydrogen) atoms. The van der Waals surface area contributed by atoms with E-state index in [1.54, 1.807) is 4.68 Å². The maximum atomic E-state index is 5.50. The molecule has 0 bridgehead atoms. The molecule has 3 nitrogen and oxygen atoms in total. The number of nitrogens with zero attached hydrogens (tertiary/aromatic N) is 2. The molecular formula is C12H12Br2N2O. The standard InChI is InChI=1S/C12H12Br2N2O/c1-16-8-11(14)12(15-16)9-2-4-10(5-3-9)17-7-6-13/h2-5,8H,6-7H2,1H3. The van der Waals surface area contributed by atoms with Crippen molar-refractivity contribution in [3.8, 4) is 17.0 Å². The van der Waals surface area contributed by atoms with Crippen LogP contribution in [0.5, 0.6) is 5.75 Å². The lowest BCUT2D eigenvalue weighted by molar-refractivity contribution is 0.345. The molecule has 0 unspecified atom stereocenters. The highest BCUT2D eigenvalue weighted by Crippen LogP contribution is 2.27. The molecule has 90 valence electrons. The zero-order valence-corrected chi connectivity index (χ0v) is 12.5. The van der Waals surface area contributed by atoms with Crippen LogP contribution in [0.3, 0.4) is 0 Å². The van der Waals surface area contributed by atoms with Gasteiger partial charge in [0.05, 0.1) is 11.1 Å². The van der Waals surface area contributed by atoms with Crippen LogP contribution in [0.25, 0.3) is 11.3 Å². The summed E-state index contributed by atoms with van der Waals surface area (Å²) < 4.78 is 8.28. The Hall–Kier alpha value is -0.810. The first-order valence-corrected chi connectivity index (χ1v) is 7.10. The van der Waals surface area contributed by atoms with Crippen LogP contribution in [-0.4, -0.2) is 21.7 Å². The maximum absolute atomic E-state index is 5.50. The lowest BCUT2D eigenvalue weighted by Gasteiger charge is -2.04. The zero-order valence-electron chi connectivity index (χ0n) is 9.36. The van der Waals surface area contributed by atoms with Crippen molar-refractivity contribution in [2.75, 3.05) is 11.9 Å². The van der Waals surface area contributed by atoms with Crippen LogP contribution >= 0.6 is 31.9 Å². The number of aryl methyl sites for hydroxylation is 1. The van der Waals surface area contributed by atoms with E-state index in [1.165, 1.54) is 0 Å². The van der Waals surface area contributed by atoms with Gasteiger partial charge in [-0.15, -0.1) is 0 Å². The number of halogens is 2. The number of hydrogen-bond acceptors (Lipinski definition) is 2. The second kappa shape index (κ2) is 5.69. The van der Waals surface area contributed by atoms with Gasteiger partial charge in [-0.1, -0.05) is 15.9 Å². The minimum atomic E-state index is 0.673. The van der Waals surface area contributed by atoms with E-state index in [0.29, 0.717) is 6.61 Å². The Labute approximate surface area is 117 Å². The fourth-order valence-corrected chi connectivity index (χ4v) is 2.29. The molecule has 0 saturated heterocycles. The molecule has 0 saturated carbocycles. The summed E-state index contributed by atoms with van der Waals surface area (Å²) in [4.78, 5) is 0. The predicted octanol–water partition coefficient (Wildman–Crippen LogP) is 3.62. The van der Waals surface area contributed by atoms with Crippen molar-refractivity contribution in [1.82, 2.24) is 9.78 Å². The number of rotatable bonds is 4. The SMILES string of the molecule is Cn1cc(Br)c(-c2ccc(OCCBr)cc2)n1. The van der Waals surface area contributed by atoms with Crippen molar-refractivity contribution < 1.29 is 4.74 Å². The lowest BCUT2D eigenvalue weighted by Crippen LogP contribution is -1.97. The fraction of sp³-hybridized carbons (Fsp3) is 0.250. The van der Waals surface area contributed by atoms with Crippen LogP contribution < -0.4 is 4.74 Å². The molecule has 0 spiro atoms. The third-order valence-corrected chi connectivity index (χ3v) is 3.16. The van der Waals surface area contributed by atoms with E-state index < -0.39 is 0 Å². The number of hydrogen-bond donors (Lipinski definition) is 0. The Morgan fingerprint density at radius 3 is 2.53 bits per heavy atom. The van der Waals surface area contributed by atoms with Gasteiger partial charge in [0.25, 0.3) is 0 Å². The topological polar surface area (TPSA) is 27.1 Å². The van der Waals surface area contributed by atoms with E-state index in [-0.39, 0.29) is 0 Å². The fourth-order valence-electron chi connectivity index (χ4n) is 1.52. The van der Waals surface area contributed by atoms with Crippen LogP contribution in [-0.2, 0) is 7.05 Å². The second-order valence-corrected chi connectivity index (χ2v) is 5.21. The molecule has 1 aromatic carbocycles. The summed E-state index contributed by atoms with van der Waals surface area (Å²) in [6, 6.07) is 7.94. The van der Waals surface area contributed by atoms with Crippen LogP contribution in [0.2, 0.25) is 0 Å². The van der Waals surface area contributed by atoms with Gasteiger partial charge in [-0.2, -0.15) is 5.10 Å². The third-order valence-electron chi connectivity index (χ3n) is 2.26. The van der Waals surface area contributed by atoms with E-state index in [1.807, 2.05) is 37.5 Å². The number of benzene rings is 1. The Kier molecular flexibility index (Phi) is 4.23. The minimum Gasteiger partial charge on any atom is -0.493 e. The first-order chi connectivity index (χ1) is 8.20. The van der Waals surface area contributed by atoms with Gasteiger partial charge < -0.3 is 4.74 Å². The summed E-state index contributed by atoms with van der Waals surface area (Å²) >= 11 is 6.82. The third kappa shape index (κ3) is 3.10. The highest BCUT2D eigenvalue weighted by Gasteiger charge is 2.07. The average Bonchev–Trinajstić information content (AvgIpc) is 2.66. The van der Waals surface area contributed by atoms with Crippen LogP contribution in [0.4, 0.5) is 0 Å². The molecule has 0 amide bonds. The van der Waals surface area contributed by atoms with E-state index in [0.717, 1.165) is 26.8 Å². The molecule has 0 aliphatic heterocycles. The summed E-state index contributed by atoms with van der Waals surface area (Å²) in [5, 5.41) is 5.23. The molecule has 0 aliphatic carbocycles. The van der Waals surface area contributed by atoms with E-state index in [4.69, 9.17) is 4.74 Å². The van der Waals surface area contributed by atoms with Gasteiger partial charge in [-0.3, -0.25) is 4.68 Å². The summed E-state index contributed by atoms with van der Waals surface area (Å²) in [6.45, 7) is 0.673. The smallest absolute Gasteiger partial charge is 0.119 e. The van der Waals surface area contributed by atoms with Gasteiger partial charge >= 0.3 is 0 Å². The van der Waals surface area contributed by atoms with Crippen LogP contribution in [0.1, 0.15) is 0 Å². The van der Waals surface area contributed by atoms with Gasteiger partial charge in [0, 0.05) is 24.1 Å². The van der Waals surface area contributed by atoms with Crippen molar-refractivity contribution in [2.45, 2.75) is 0 Å². The molecule has 0 aliphatic rings. The molecular weight excluding hydrogens is 348 g/mol. The second-order valence-electron chi connectivity index (χ2n) is 3.56. The molecule has 0 N–H and O–H groups in total. The quantitative estimate of drug-likeness (QED) is 0.779. The monoisotopic (exact) mass is 358 g/mol. The minimum absolute atomic E-state index is 0.673. The Bertz CT molecular complexity index is 494. The number of ether oxygens (including phenoxy) is 1. The van der Waals surface area contributed by atoms with Crippen molar-refractivity contribution >= 4 is 31.9 Å². The van der Waals surface area contributed by atoms with Crippen molar-refractivity contribution in [3.63, 3.8) is 0 Å². The maximum Gasteiger partial charge on any atom is 0.119 e. The lowest BCUT2D eigenvalue weighted by atomic mass is 10.1. The Balaban J connectivity index is 2.20. The van der Waals surface area contributed by atoms with Crippen LogP contribution in [0, 0.1) is 0 Å². The summed E-state index contributed by atoms with van der Waals surface area (Å²) in [5.41, 5.74) is 2.02. The van der Waals surface area contributed by atoms with Crippen molar-refractivity contribution in [3.05, 3.63) is 34.9 Å². The normalized spacial score (nSPS) is 10.5. The number of aromatic nitrogens is 2. The molecule has 0 atom stereocenters. The molecule has 1 aromatic heterocycles. The number of alkyl halides is 1. The Morgan fingerprint density at radius 1 is 1.29 bits per heavy atom. The molecule has 0 radical (unpaired) electrons. The largest absolute Gasteiger partial charge is 0.493 e. The first-order valence-electron chi connectivity index (χ1n) is 5.19. The van der Waals surface area contributed by atoms with Gasteiger partial charge in [-0.05, 0) is 40.2 Å². The Morgan fingerprint density at radius 2 is 2.00 bits per heavy atom. The highest BCUT2D eigenvalue weighted by molar-refractivity contribution is 9.10. The first kappa shape index (κ1) is 12.6. The zero-order chi connectivity index (χ0) is 12.3. The molecule has 1 heterocycles. The molecule has 5 heteroatoms. The van der Waals surface area contributed by atoms with Gasteiger partial charge in [0.1, 0.15) is 11.4 Å². The van der Waals surface area contributed by atoms with E-state index in [2.05, 4.69) is 37.0 Å². The summed E-state index contributed by atoms with van der Waals surface area (Å²) in [7, 11) is 1.90. The summed E-state index contributed by atoms with van der Waals surface area (Å²) in [5.74, 6) is 0.875. The van der Waals surface area contributed by atoms with Gasteiger partial charge in [0.15, 0.2) is 0 Å². The van der Waals surface area contributed by atoms with E-state index in [9.17, 15) is 0 Å². The molecule has 0 fully saturated rings. The van der Waals surface area contributed by atoms with Crippen molar-refractivity contribution in [2.24, 2.45) is 7.05 Å². The van der Waals surface area contributed by atoms with Crippen molar-refractivity contribution in [1.29, 1.82) is 0 Å². The van der Waals surface area contributed by atoms with Crippen LogP contribution in [0.15, 0.2) is 34.9 Å². The van der Waals surface area contributed by atoms with Gasteiger partial charge in [-0.25, -0.2) is 0 Å². The predicted molar refractivity (Wildman–Crippen MR) is 75.6 cm³/mol. The highest BCUT2D eigenvalue weighted by atomic mass is 79.9. The van der Waals surface area contributed by atoms with Gasteiger partial charge in [0.2, 0.25) is 0 Å². The summed E-state index contributed by atoms with van der Waals surface area (Å²) in [6.07, 6.45) is 1.94.